The van der Waals surface area contributed by atoms with Gasteiger partial charge in [-0.3, -0.25) is 0 Å². The van der Waals surface area contributed by atoms with Crippen LogP contribution in [0.25, 0.3) is 0 Å². The van der Waals surface area contributed by atoms with Gasteiger partial charge in [0.2, 0.25) is 0 Å². The molecule has 4 N–H and O–H groups in total. The van der Waals surface area contributed by atoms with Crippen molar-refractivity contribution in [1.82, 2.24) is 0 Å². The third kappa shape index (κ3) is 3.45. The number of hydrogen-bond acceptors (Lipinski definition) is 3. The Hall–Kier alpha value is -0.550. The van der Waals surface area contributed by atoms with Gasteiger partial charge < -0.3 is 15.9 Å². The van der Waals surface area contributed by atoms with Crippen LogP contribution in [-0.2, 0) is 0 Å². The second-order valence-corrected chi connectivity index (χ2v) is 4.89. The zero-order valence-electron chi connectivity index (χ0n) is 9.58. The van der Waals surface area contributed by atoms with Crippen LogP contribution in [0.15, 0.2) is 12.1 Å². The van der Waals surface area contributed by atoms with Crippen LogP contribution < -0.4 is 5.73 Å². The normalized spacial score (nSPS) is 13.1. The average Bonchev–Trinajstić information content (AvgIpc) is 2.22. The molecule has 3 nitrogen and oxygen atoms in total. The van der Waals surface area contributed by atoms with Crippen LogP contribution in [-0.4, -0.2) is 16.8 Å². The van der Waals surface area contributed by atoms with Crippen molar-refractivity contribution >= 4 is 24.0 Å². The summed E-state index contributed by atoms with van der Waals surface area (Å²) in [5.74, 6) is -1.33. The Labute approximate surface area is 111 Å². The van der Waals surface area contributed by atoms with Crippen LogP contribution in [0.3, 0.4) is 0 Å². The highest BCUT2D eigenvalue weighted by atomic mass is 35.5. The molecule has 17 heavy (non-hydrogen) atoms. The fourth-order valence-corrected chi connectivity index (χ4v) is 1.56. The van der Waals surface area contributed by atoms with Gasteiger partial charge in [-0.1, -0.05) is 25.4 Å². The third-order valence-electron chi connectivity index (χ3n) is 2.64. The number of halogens is 3. The summed E-state index contributed by atoms with van der Waals surface area (Å²) in [6.45, 7) is 3.26. The van der Waals surface area contributed by atoms with E-state index in [1.165, 1.54) is 6.07 Å². The number of aromatic hydroxyl groups is 1. The number of hydrogen-bond donors (Lipinski definition) is 3. The largest absolute Gasteiger partial charge is 0.505 e. The van der Waals surface area contributed by atoms with Crippen molar-refractivity contribution in [2.75, 3.05) is 6.61 Å². The number of aliphatic hydroxyl groups excluding tert-OH is 1. The van der Waals surface area contributed by atoms with Crippen LogP contribution in [0.4, 0.5) is 4.39 Å². The summed E-state index contributed by atoms with van der Waals surface area (Å²) in [6, 6.07) is 1.71. The lowest BCUT2D eigenvalue weighted by Gasteiger charge is -2.30. The Morgan fingerprint density at radius 3 is 2.47 bits per heavy atom. The third-order valence-corrected chi connectivity index (χ3v) is 2.86. The van der Waals surface area contributed by atoms with E-state index < -0.39 is 23.0 Å². The highest BCUT2D eigenvalue weighted by Gasteiger charge is 2.30. The van der Waals surface area contributed by atoms with E-state index in [4.69, 9.17) is 22.4 Å². The molecule has 0 unspecified atom stereocenters. The minimum atomic E-state index is -0.813. The second kappa shape index (κ2) is 5.87. The molecule has 0 spiro atoms. The molecule has 1 atom stereocenters. The maximum atomic E-state index is 13.2. The monoisotopic (exact) mass is 283 g/mol. The Balaban J connectivity index is 0.00000256. The summed E-state index contributed by atoms with van der Waals surface area (Å²) in [5.41, 5.74) is 5.40. The van der Waals surface area contributed by atoms with Gasteiger partial charge in [-0.2, -0.15) is 0 Å². The maximum absolute atomic E-state index is 13.2. The molecule has 0 heterocycles. The smallest absolute Gasteiger partial charge is 0.166 e. The summed E-state index contributed by atoms with van der Waals surface area (Å²) < 4.78 is 13.2. The highest BCUT2D eigenvalue weighted by molar-refractivity contribution is 6.30. The van der Waals surface area contributed by atoms with E-state index in [9.17, 15) is 9.50 Å². The van der Waals surface area contributed by atoms with Gasteiger partial charge in [0.25, 0.3) is 0 Å². The summed E-state index contributed by atoms with van der Waals surface area (Å²) in [4.78, 5) is 0. The molecule has 1 aromatic carbocycles. The van der Waals surface area contributed by atoms with E-state index >= 15 is 0 Å². The first-order valence-corrected chi connectivity index (χ1v) is 5.21. The SMILES string of the molecule is CC(C)(CO)[C@@H](N)c1cc(Cl)cc(F)c1O.Cl. The molecule has 0 aliphatic heterocycles. The molecule has 0 fully saturated rings. The molecule has 0 aliphatic rings. The van der Waals surface area contributed by atoms with E-state index in [2.05, 4.69) is 0 Å². The molecule has 1 rings (SSSR count). The van der Waals surface area contributed by atoms with Crippen molar-refractivity contribution in [2.24, 2.45) is 11.1 Å². The van der Waals surface area contributed by atoms with Gasteiger partial charge in [-0.15, -0.1) is 12.4 Å². The molecular weight excluding hydrogens is 268 g/mol. The van der Waals surface area contributed by atoms with Gasteiger partial charge in [-0.05, 0) is 12.1 Å². The van der Waals surface area contributed by atoms with Crippen molar-refractivity contribution in [3.05, 3.63) is 28.5 Å². The van der Waals surface area contributed by atoms with Crippen molar-refractivity contribution in [1.29, 1.82) is 0 Å². The van der Waals surface area contributed by atoms with E-state index in [0.717, 1.165) is 6.07 Å². The average molecular weight is 284 g/mol. The molecule has 0 saturated heterocycles. The maximum Gasteiger partial charge on any atom is 0.166 e. The topological polar surface area (TPSA) is 66.5 Å². The number of phenols is 1. The molecule has 0 saturated carbocycles. The minimum Gasteiger partial charge on any atom is -0.505 e. The predicted octanol–water partition coefficient (Wildman–Crippen LogP) is 2.62. The lowest BCUT2D eigenvalue weighted by Crippen LogP contribution is -2.32. The van der Waals surface area contributed by atoms with Crippen LogP contribution in [0, 0.1) is 11.2 Å². The van der Waals surface area contributed by atoms with Gasteiger partial charge in [0.15, 0.2) is 11.6 Å². The number of benzene rings is 1. The van der Waals surface area contributed by atoms with Crippen LogP contribution in [0.5, 0.6) is 5.75 Å². The van der Waals surface area contributed by atoms with E-state index in [1.807, 2.05) is 0 Å². The van der Waals surface area contributed by atoms with Gasteiger partial charge >= 0.3 is 0 Å². The molecule has 1 aromatic rings. The van der Waals surface area contributed by atoms with E-state index in [1.54, 1.807) is 13.8 Å². The number of nitrogens with two attached hydrogens (primary N) is 1. The zero-order valence-corrected chi connectivity index (χ0v) is 11.1. The Kier molecular flexibility index (Phi) is 5.68. The first-order valence-electron chi connectivity index (χ1n) is 4.84. The van der Waals surface area contributed by atoms with E-state index in [0.29, 0.717) is 0 Å². The molecule has 6 heteroatoms. The predicted molar refractivity (Wildman–Crippen MR) is 68.1 cm³/mol. The van der Waals surface area contributed by atoms with E-state index in [-0.39, 0.29) is 29.6 Å². The molecule has 0 radical (unpaired) electrons. The summed E-state index contributed by atoms with van der Waals surface area (Å²) in [7, 11) is 0. The standard InChI is InChI=1S/C11H15ClFNO2.ClH/c1-11(2,5-15)10(14)7-3-6(12)4-8(13)9(7)16;/h3-4,10,15-16H,5,14H2,1-2H3;1H/t10-;/m0./s1. The summed E-state index contributed by atoms with van der Waals surface area (Å²) >= 11 is 5.69. The van der Waals surface area contributed by atoms with Crippen molar-refractivity contribution in [2.45, 2.75) is 19.9 Å². The first kappa shape index (κ1) is 16.4. The molecule has 0 bridgehead atoms. The van der Waals surface area contributed by atoms with Gasteiger partial charge in [0.05, 0.1) is 0 Å². The van der Waals surface area contributed by atoms with Gasteiger partial charge in [0.1, 0.15) is 0 Å². The molecule has 0 aromatic heterocycles. The molecule has 98 valence electrons. The summed E-state index contributed by atoms with van der Waals surface area (Å²) in [5, 5.41) is 18.9. The van der Waals surface area contributed by atoms with Crippen molar-refractivity contribution < 1.29 is 14.6 Å². The fourth-order valence-electron chi connectivity index (χ4n) is 1.34. The quantitative estimate of drug-likeness (QED) is 0.799. The zero-order chi connectivity index (χ0) is 12.5. The molecule has 0 aliphatic carbocycles. The Morgan fingerprint density at radius 1 is 1.47 bits per heavy atom. The number of phenolic OH excluding ortho intramolecular Hbond substituents is 1. The Morgan fingerprint density at radius 2 is 2.00 bits per heavy atom. The molecular formula is C11H16Cl2FNO2. The van der Waals surface area contributed by atoms with Crippen molar-refractivity contribution in [3.8, 4) is 5.75 Å². The van der Waals surface area contributed by atoms with Crippen LogP contribution >= 0.6 is 24.0 Å². The second-order valence-electron chi connectivity index (χ2n) is 4.45. The first-order chi connectivity index (χ1) is 7.29. The van der Waals surface area contributed by atoms with Gasteiger partial charge in [0, 0.05) is 28.6 Å². The van der Waals surface area contributed by atoms with Crippen LogP contribution in [0.1, 0.15) is 25.5 Å². The fraction of sp³-hybridized carbons (Fsp3) is 0.455. The Bertz CT molecular complexity index is 399. The summed E-state index contributed by atoms with van der Waals surface area (Å²) in [6.07, 6.45) is 0. The van der Waals surface area contributed by atoms with Crippen LogP contribution in [0.2, 0.25) is 5.02 Å². The van der Waals surface area contributed by atoms with Crippen molar-refractivity contribution in [3.63, 3.8) is 0 Å². The lowest BCUT2D eigenvalue weighted by molar-refractivity contribution is 0.131. The molecule has 0 amide bonds. The highest BCUT2D eigenvalue weighted by Crippen LogP contribution is 2.37. The lowest BCUT2D eigenvalue weighted by atomic mass is 9.81. The van der Waals surface area contributed by atoms with Gasteiger partial charge in [-0.25, -0.2) is 4.39 Å². The number of aliphatic hydroxyl groups is 1. The number of rotatable bonds is 3. The minimum absolute atomic E-state index is 0.